The summed E-state index contributed by atoms with van der Waals surface area (Å²) in [5, 5.41) is 8.75. The fourth-order valence-electron chi connectivity index (χ4n) is 1.60. The number of rotatable bonds is 2. The minimum absolute atomic E-state index is 0.0220. The Morgan fingerprint density at radius 3 is 2.53 bits per heavy atom. The Bertz CT molecular complexity index is 425. The second-order valence-corrected chi connectivity index (χ2v) is 6.26. The van der Waals surface area contributed by atoms with Gasteiger partial charge in [-0.15, -0.1) is 0 Å². The second kappa shape index (κ2) is 5.08. The van der Waals surface area contributed by atoms with Crippen molar-refractivity contribution < 1.29 is 9.90 Å². The lowest BCUT2D eigenvalue weighted by atomic mass is 9.82. The average molecular weight is 300 g/mol. The third-order valence-corrected chi connectivity index (χ3v) is 3.13. The minimum Gasteiger partial charge on any atom is -0.481 e. The van der Waals surface area contributed by atoms with Crippen molar-refractivity contribution in [1.82, 2.24) is 0 Å². The Balaban J connectivity index is 3.10. The molecule has 0 radical (unpaired) electrons. The summed E-state index contributed by atoms with van der Waals surface area (Å²) in [5.41, 5.74) is 8.33. The molecule has 0 spiro atoms. The van der Waals surface area contributed by atoms with Crippen LogP contribution in [0.5, 0.6) is 0 Å². The molecule has 0 aliphatic heterocycles. The molecular formula is C13H18BrNO2. The van der Waals surface area contributed by atoms with Crippen LogP contribution in [-0.2, 0) is 4.79 Å². The van der Waals surface area contributed by atoms with Crippen LogP contribution in [0.1, 0.15) is 33.6 Å². The molecule has 0 aromatic rings. The molecule has 3 N–H and O–H groups in total. The molecule has 4 heteroatoms. The van der Waals surface area contributed by atoms with Crippen LogP contribution in [-0.4, -0.2) is 11.1 Å². The SMILES string of the molecule is CC(C)(C)C1=CC(=C(N)CC(=O)O)CC(Br)=C1. The zero-order valence-electron chi connectivity index (χ0n) is 10.4. The van der Waals surface area contributed by atoms with E-state index >= 15 is 0 Å². The first-order valence-electron chi connectivity index (χ1n) is 5.47. The van der Waals surface area contributed by atoms with Gasteiger partial charge in [-0.2, -0.15) is 0 Å². The number of nitrogens with two attached hydrogens (primary N) is 1. The Kier molecular flexibility index (Phi) is 4.20. The van der Waals surface area contributed by atoms with Gasteiger partial charge in [0.1, 0.15) is 0 Å². The lowest BCUT2D eigenvalue weighted by Crippen LogP contribution is -2.13. The molecule has 0 saturated heterocycles. The second-order valence-electron chi connectivity index (χ2n) is 5.24. The van der Waals surface area contributed by atoms with Gasteiger partial charge in [0.15, 0.2) is 0 Å². The maximum atomic E-state index is 10.7. The molecule has 0 aromatic carbocycles. The first-order chi connectivity index (χ1) is 7.70. The van der Waals surface area contributed by atoms with E-state index in [-0.39, 0.29) is 11.8 Å². The van der Waals surface area contributed by atoms with Gasteiger partial charge in [0.2, 0.25) is 0 Å². The van der Waals surface area contributed by atoms with E-state index in [9.17, 15) is 4.79 Å². The number of halogens is 1. The largest absolute Gasteiger partial charge is 0.481 e. The number of hydrogen-bond acceptors (Lipinski definition) is 2. The van der Waals surface area contributed by atoms with E-state index in [0.717, 1.165) is 15.6 Å². The Morgan fingerprint density at radius 2 is 2.06 bits per heavy atom. The summed E-state index contributed by atoms with van der Waals surface area (Å²) in [7, 11) is 0. The van der Waals surface area contributed by atoms with Crippen molar-refractivity contribution in [3.8, 4) is 0 Å². The molecular weight excluding hydrogens is 282 g/mol. The van der Waals surface area contributed by atoms with Crippen molar-refractivity contribution in [2.75, 3.05) is 0 Å². The number of carboxylic acid groups (broad SMARTS) is 1. The number of carboxylic acids is 1. The van der Waals surface area contributed by atoms with E-state index in [0.29, 0.717) is 12.1 Å². The van der Waals surface area contributed by atoms with Crippen molar-refractivity contribution in [1.29, 1.82) is 0 Å². The summed E-state index contributed by atoms with van der Waals surface area (Å²) in [6, 6.07) is 0. The summed E-state index contributed by atoms with van der Waals surface area (Å²) in [4.78, 5) is 10.7. The van der Waals surface area contributed by atoms with Crippen molar-refractivity contribution in [3.05, 3.63) is 33.5 Å². The highest BCUT2D eigenvalue weighted by atomic mass is 79.9. The predicted molar refractivity (Wildman–Crippen MR) is 72.6 cm³/mol. The molecule has 0 fully saturated rings. The van der Waals surface area contributed by atoms with Gasteiger partial charge in [-0.25, -0.2) is 0 Å². The summed E-state index contributed by atoms with van der Waals surface area (Å²) in [6.07, 6.45) is 4.64. The van der Waals surface area contributed by atoms with Gasteiger partial charge in [0.25, 0.3) is 0 Å². The molecule has 0 heterocycles. The molecule has 0 aromatic heterocycles. The van der Waals surface area contributed by atoms with Crippen LogP contribution in [0.15, 0.2) is 33.5 Å². The molecule has 0 atom stereocenters. The molecule has 94 valence electrons. The molecule has 0 unspecified atom stereocenters. The van der Waals surface area contributed by atoms with Crippen LogP contribution in [0.4, 0.5) is 0 Å². The standard InChI is InChI=1S/C13H18BrNO2/c1-13(2,3)9-4-8(5-10(14)6-9)11(15)7-12(16)17/h4,6H,5,7,15H2,1-3H3,(H,16,17). The third-order valence-electron chi connectivity index (χ3n) is 2.62. The van der Waals surface area contributed by atoms with E-state index in [2.05, 4.69) is 42.8 Å². The van der Waals surface area contributed by atoms with Crippen molar-refractivity contribution >= 4 is 21.9 Å². The monoisotopic (exact) mass is 299 g/mol. The van der Waals surface area contributed by atoms with Crippen LogP contribution in [0.2, 0.25) is 0 Å². The van der Waals surface area contributed by atoms with Crippen LogP contribution < -0.4 is 5.73 Å². The van der Waals surface area contributed by atoms with Gasteiger partial charge in [-0.3, -0.25) is 4.79 Å². The quantitative estimate of drug-likeness (QED) is 0.822. The smallest absolute Gasteiger partial charge is 0.309 e. The van der Waals surface area contributed by atoms with Crippen LogP contribution in [0.3, 0.4) is 0 Å². The van der Waals surface area contributed by atoms with E-state index in [1.54, 1.807) is 0 Å². The lowest BCUT2D eigenvalue weighted by Gasteiger charge is -2.25. The number of hydrogen-bond donors (Lipinski definition) is 2. The van der Waals surface area contributed by atoms with E-state index in [1.165, 1.54) is 0 Å². The number of carbonyl (C=O) groups is 1. The van der Waals surface area contributed by atoms with Gasteiger partial charge < -0.3 is 10.8 Å². The zero-order chi connectivity index (χ0) is 13.2. The van der Waals surface area contributed by atoms with Crippen molar-refractivity contribution in [2.24, 2.45) is 11.1 Å². The highest BCUT2D eigenvalue weighted by Crippen LogP contribution is 2.36. The van der Waals surface area contributed by atoms with Gasteiger partial charge in [0.05, 0.1) is 6.42 Å². The topological polar surface area (TPSA) is 63.3 Å². The first kappa shape index (κ1) is 14.0. The summed E-state index contributed by atoms with van der Waals surface area (Å²) >= 11 is 3.48. The highest BCUT2D eigenvalue weighted by Gasteiger charge is 2.20. The van der Waals surface area contributed by atoms with Gasteiger partial charge in [-0.1, -0.05) is 42.8 Å². The molecule has 0 saturated carbocycles. The van der Waals surface area contributed by atoms with Gasteiger partial charge >= 0.3 is 5.97 Å². The number of aliphatic carboxylic acids is 1. The minimum atomic E-state index is -0.897. The molecule has 1 rings (SSSR count). The van der Waals surface area contributed by atoms with Crippen LogP contribution >= 0.6 is 15.9 Å². The van der Waals surface area contributed by atoms with Crippen LogP contribution in [0.25, 0.3) is 0 Å². The number of allylic oxidation sites excluding steroid dienone is 5. The average Bonchev–Trinajstić information content (AvgIpc) is 2.14. The Hall–Kier alpha value is -1.03. The Labute approximate surface area is 110 Å². The highest BCUT2D eigenvalue weighted by molar-refractivity contribution is 9.11. The van der Waals surface area contributed by atoms with E-state index < -0.39 is 5.97 Å². The molecule has 17 heavy (non-hydrogen) atoms. The Morgan fingerprint density at radius 1 is 1.47 bits per heavy atom. The predicted octanol–water partition coefficient (Wildman–Crippen LogP) is 3.33. The maximum Gasteiger partial charge on any atom is 0.309 e. The van der Waals surface area contributed by atoms with Crippen LogP contribution in [0, 0.1) is 5.41 Å². The van der Waals surface area contributed by atoms with Gasteiger partial charge in [-0.05, 0) is 27.1 Å². The molecule has 3 nitrogen and oxygen atoms in total. The third kappa shape index (κ3) is 4.04. The fraction of sp³-hybridized carbons (Fsp3) is 0.462. The lowest BCUT2D eigenvalue weighted by molar-refractivity contribution is -0.136. The molecule has 0 amide bonds. The fourth-order valence-corrected chi connectivity index (χ4v) is 2.15. The normalized spacial score (nSPS) is 19.5. The van der Waals surface area contributed by atoms with Crippen molar-refractivity contribution in [2.45, 2.75) is 33.6 Å². The molecule has 1 aliphatic rings. The van der Waals surface area contributed by atoms with Gasteiger partial charge in [0, 0.05) is 12.1 Å². The van der Waals surface area contributed by atoms with E-state index in [1.807, 2.05) is 6.08 Å². The molecule has 1 aliphatic carbocycles. The van der Waals surface area contributed by atoms with E-state index in [4.69, 9.17) is 10.8 Å². The first-order valence-corrected chi connectivity index (χ1v) is 6.27. The summed E-state index contributed by atoms with van der Waals surface area (Å²) in [6.45, 7) is 6.35. The van der Waals surface area contributed by atoms with Crippen molar-refractivity contribution in [3.63, 3.8) is 0 Å². The zero-order valence-corrected chi connectivity index (χ0v) is 12.0. The molecule has 0 bridgehead atoms. The summed E-state index contributed by atoms with van der Waals surface area (Å²) in [5.74, 6) is -0.897. The summed E-state index contributed by atoms with van der Waals surface area (Å²) < 4.78 is 1.04. The maximum absolute atomic E-state index is 10.7.